The van der Waals surface area contributed by atoms with Crippen LogP contribution in [0.25, 0.3) is 0 Å². The molecule has 3 rings (SSSR count). The van der Waals surface area contributed by atoms with E-state index in [1.807, 2.05) is 31.9 Å². The minimum Gasteiger partial charge on any atom is -0.444 e. The summed E-state index contributed by atoms with van der Waals surface area (Å²) in [5, 5.41) is 4.93. The Balaban J connectivity index is 2.14. The van der Waals surface area contributed by atoms with Crippen molar-refractivity contribution in [2.45, 2.75) is 144 Å². The molecule has 0 saturated carbocycles. The highest BCUT2D eigenvalue weighted by atomic mass is 16.7. The monoisotopic (exact) mass is 503 g/mol. The van der Waals surface area contributed by atoms with E-state index in [2.05, 4.69) is 101 Å². The third-order valence-electron chi connectivity index (χ3n) is 10.8. The largest absolute Gasteiger partial charge is 0.498 e. The second-order valence-electron chi connectivity index (χ2n) is 15.1. The number of piperidine rings is 1. The Kier molecular flexibility index (Phi) is 6.25. The van der Waals surface area contributed by atoms with Crippen LogP contribution in [0.1, 0.15) is 111 Å². The maximum Gasteiger partial charge on any atom is 0.498 e. The zero-order valence-electron chi connectivity index (χ0n) is 25.7. The number of hydrogen-bond acceptors (Lipinski definition) is 5. The maximum atomic E-state index is 13.7. The summed E-state index contributed by atoms with van der Waals surface area (Å²) in [6.45, 7) is 33.7. The van der Waals surface area contributed by atoms with Gasteiger partial charge in [0.2, 0.25) is 0 Å². The number of ether oxygens (including phenoxy) is 1. The van der Waals surface area contributed by atoms with Gasteiger partial charge in [-0.25, -0.2) is 4.79 Å². The van der Waals surface area contributed by atoms with Gasteiger partial charge in [-0.2, -0.15) is 5.10 Å². The third-order valence-corrected chi connectivity index (χ3v) is 10.8. The van der Waals surface area contributed by atoms with Crippen LogP contribution >= 0.6 is 0 Å². The van der Waals surface area contributed by atoms with Gasteiger partial charge >= 0.3 is 13.2 Å². The van der Waals surface area contributed by atoms with E-state index in [0.717, 1.165) is 5.46 Å². The molecule has 1 aromatic heterocycles. The fourth-order valence-corrected chi connectivity index (χ4v) is 6.25. The van der Waals surface area contributed by atoms with Gasteiger partial charge in [-0.15, -0.1) is 0 Å². The SMILES string of the molecule is CC(C)(C)OC(=O)N1C(C)(C)C(C)(C)C(C)(n2cc(B3OC(C)(C)C(C)(C)O3)cn2)C(C)(C)C1(C)C. The van der Waals surface area contributed by atoms with Gasteiger partial charge in [0.1, 0.15) is 5.60 Å². The second kappa shape index (κ2) is 7.75. The molecule has 0 bridgehead atoms. The Morgan fingerprint density at radius 3 is 1.64 bits per heavy atom. The standard InChI is InChI=1S/C28H50BN3O4/c1-21(2,3)34-20(33)32-24(8,9)22(4,5)28(16,23(6,7)25(32,10)11)31-18-19(17-30-31)29-35-26(12,13)27(14,15)36-29/h17-18H,1-16H3. The predicted molar refractivity (Wildman–Crippen MR) is 145 cm³/mol. The van der Waals surface area contributed by atoms with Crippen LogP contribution in [0.4, 0.5) is 4.79 Å². The number of carbonyl (C=O) groups excluding carboxylic acids is 1. The molecule has 2 aliphatic rings. The lowest BCUT2D eigenvalue weighted by Crippen LogP contribution is -2.82. The molecule has 0 unspecified atom stereocenters. The second-order valence-corrected chi connectivity index (χ2v) is 15.1. The molecule has 3 heterocycles. The number of aromatic nitrogens is 2. The third kappa shape index (κ3) is 3.68. The van der Waals surface area contributed by atoms with E-state index < -0.39 is 51.4 Å². The maximum absolute atomic E-state index is 13.7. The van der Waals surface area contributed by atoms with Crippen LogP contribution in [0.2, 0.25) is 0 Å². The Morgan fingerprint density at radius 1 is 0.833 bits per heavy atom. The molecule has 0 atom stereocenters. The fourth-order valence-electron chi connectivity index (χ4n) is 6.25. The van der Waals surface area contributed by atoms with E-state index in [1.54, 1.807) is 0 Å². The highest BCUT2D eigenvalue weighted by molar-refractivity contribution is 6.62. The highest BCUT2D eigenvalue weighted by Gasteiger charge is 2.73. The molecule has 0 radical (unpaired) electrons. The fraction of sp³-hybridized carbons (Fsp3) is 0.857. The highest BCUT2D eigenvalue weighted by Crippen LogP contribution is 2.66. The summed E-state index contributed by atoms with van der Waals surface area (Å²) in [7, 11) is -0.485. The molecule has 0 aromatic carbocycles. The van der Waals surface area contributed by atoms with Crippen molar-refractivity contribution in [3.05, 3.63) is 12.4 Å². The van der Waals surface area contributed by atoms with Crippen LogP contribution in [-0.4, -0.2) is 55.8 Å². The van der Waals surface area contributed by atoms with Gasteiger partial charge < -0.3 is 14.0 Å². The average Bonchev–Trinajstić information content (AvgIpc) is 3.20. The van der Waals surface area contributed by atoms with Crippen LogP contribution in [0, 0.1) is 10.8 Å². The van der Waals surface area contributed by atoms with E-state index in [4.69, 9.17) is 19.1 Å². The first-order chi connectivity index (χ1) is 15.8. The molecule has 0 N–H and O–H groups in total. The molecule has 0 spiro atoms. The number of likely N-dealkylation sites (tertiary alicyclic amines) is 1. The molecular weight excluding hydrogens is 453 g/mol. The first-order valence-electron chi connectivity index (χ1n) is 13.2. The van der Waals surface area contributed by atoms with Crippen molar-refractivity contribution in [3.63, 3.8) is 0 Å². The molecule has 7 nitrogen and oxygen atoms in total. The number of hydrogen-bond donors (Lipinski definition) is 0. The molecule has 2 saturated heterocycles. The molecule has 0 aliphatic carbocycles. The van der Waals surface area contributed by atoms with Gasteiger partial charge in [-0.1, -0.05) is 27.7 Å². The van der Waals surface area contributed by atoms with Crippen molar-refractivity contribution in [3.8, 4) is 0 Å². The van der Waals surface area contributed by atoms with Crippen molar-refractivity contribution >= 4 is 18.7 Å². The summed E-state index contributed by atoms with van der Waals surface area (Å²) in [5.74, 6) is 0. The zero-order chi connectivity index (χ0) is 28.1. The molecular formula is C28H50BN3O4. The predicted octanol–water partition coefficient (Wildman–Crippen LogP) is 5.76. The number of amides is 1. The van der Waals surface area contributed by atoms with Gasteiger partial charge in [0.25, 0.3) is 0 Å². The molecule has 204 valence electrons. The summed E-state index contributed by atoms with van der Waals surface area (Å²) in [4.78, 5) is 15.7. The minimum atomic E-state index is -0.585. The topological polar surface area (TPSA) is 65.8 Å². The lowest BCUT2D eigenvalue weighted by Gasteiger charge is -2.73. The Bertz CT molecular complexity index is 986. The quantitative estimate of drug-likeness (QED) is 0.481. The molecule has 1 amide bonds. The normalized spacial score (nSPS) is 27.1. The lowest BCUT2D eigenvalue weighted by molar-refractivity contribution is -0.235. The molecule has 1 aromatic rings. The summed E-state index contributed by atoms with van der Waals surface area (Å²) in [5.41, 5.74) is -3.02. The summed E-state index contributed by atoms with van der Waals surface area (Å²) in [6.07, 6.45) is 3.64. The van der Waals surface area contributed by atoms with Crippen LogP contribution in [0.5, 0.6) is 0 Å². The van der Waals surface area contributed by atoms with Crippen LogP contribution in [0.3, 0.4) is 0 Å². The zero-order valence-corrected chi connectivity index (χ0v) is 25.7. The average molecular weight is 504 g/mol. The summed E-state index contributed by atoms with van der Waals surface area (Å²) in [6, 6.07) is 0. The molecule has 2 aliphatic heterocycles. The molecule has 2 fully saturated rings. The van der Waals surface area contributed by atoms with Gasteiger partial charge in [-0.05, 0) is 83.1 Å². The smallest absolute Gasteiger partial charge is 0.444 e. The van der Waals surface area contributed by atoms with E-state index in [1.165, 1.54) is 0 Å². The Labute approximate surface area is 219 Å². The van der Waals surface area contributed by atoms with Crippen molar-refractivity contribution in [1.29, 1.82) is 0 Å². The van der Waals surface area contributed by atoms with Crippen molar-refractivity contribution in [2.24, 2.45) is 10.8 Å². The van der Waals surface area contributed by atoms with Gasteiger partial charge in [0.05, 0.1) is 16.7 Å². The number of carbonyl (C=O) groups is 1. The van der Waals surface area contributed by atoms with E-state index in [-0.39, 0.29) is 6.09 Å². The minimum absolute atomic E-state index is 0.293. The van der Waals surface area contributed by atoms with Crippen LogP contribution in [-0.2, 0) is 19.6 Å². The van der Waals surface area contributed by atoms with Crippen molar-refractivity contribution in [1.82, 2.24) is 14.7 Å². The van der Waals surface area contributed by atoms with Crippen molar-refractivity contribution in [2.75, 3.05) is 0 Å². The Hall–Kier alpha value is -1.54. The van der Waals surface area contributed by atoms with Gasteiger partial charge in [0.15, 0.2) is 0 Å². The lowest BCUT2D eigenvalue weighted by atomic mass is 9.44. The Morgan fingerprint density at radius 2 is 1.25 bits per heavy atom. The van der Waals surface area contributed by atoms with Gasteiger partial charge in [0, 0.05) is 39.8 Å². The van der Waals surface area contributed by atoms with Crippen LogP contribution in [0.15, 0.2) is 12.4 Å². The van der Waals surface area contributed by atoms with Gasteiger partial charge in [-0.3, -0.25) is 9.58 Å². The number of nitrogens with zero attached hydrogens (tertiary/aromatic N) is 3. The summed E-state index contributed by atoms with van der Waals surface area (Å²) < 4.78 is 20.7. The number of rotatable bonds is 2. The first-order valence-corrected chi connectivity index (χ1v) is 13.2. The van der Waals surface area contributed by atoms with E-state index in [9.17, 15) is 4.79 Å². The first kappa shape index (κ1) is 29.0. The van der Waals surface area contributed by atoms with E-state index in [0.29, 0.717) is 0 Å². The van der Waals surface area contributed by atoms with E-state index >= 15 is 0 Å². The summed E-state index contributed by atoms with van der Waals surface area (Å²) >= 11 is 0. The molecule has 8 heteroatoms. The van der Waals surface area contributed by atoms with Crippen molar-refractivity contribution < 1.29 is 18.8 Å². The molecule has 36 heavy (non-hydrogen) atoms. The van der Waals surface area contributed by atoms with Crippen LogP contribution < -0.4 is 5.46 Å².